The molecule has 2 aromatic rings. The highest BCUT2D eigenvalue weighted by molar-refractivity contribution is 5.91. The van der Waals surface area contributed by atoms with Crippen molar-refractivity contribution < 1.29 is 9.90 Å². The van der Waals surface area contributed by atoms with Gasteiger partial charge in [0.1, 0.15) is 0 Å². The predicted molar refractivity (Wildman–Crippen MR) is 81.8 cm³/mol. The van der Waals surface area contributed by atoms with E-state index in [4.69, 9.17) is 0 Å². The second-order valence-corrected chi connectivity index (χ2v) is 5.02. The lowest BCUT2D eigenvalue weighted by Crippen LogP contribution is -2.19. The molecule has 2 rings (SSSR count). The maximum absolute atomic E-state index is 12.2. The molecule has 0 fully saturated rings. The minimum atomic E-state index is -0.0869. The normalized spacial score (nSPS) is 12.1. The molecule has 112 valence electrons. The van der Waals surface area contributed by atoms with Crippen molar-refractivity contribution in [3.05, 3.63) is 48.5 Å². The largest absolute Gasteiger partial charge is 0.392 e. The molecule has 1 aromatic heterocycles. The number of aliphatic hydroxyl groups is 1. The highest BCUT2D eigenvalue weighted by atomic mass is 16.3. The summed E-state index contributed by atoms with van der Waals surface area (Å²) < 4.78 is 1.97. The van der Waals surface area contributed by atoms with Crippen LogP contribution in [0.1, 0.15) is 37.8 Å². The molecular formula is C16H21N3O2. The van der Waals surface area contributed by atoms with E-state index in [1.165, 1.54) is 0 Å². The molecule has 0 saturated heterocycles. The maximum Gasteiger partial charge on any atom is 0.226 e. The third kappa shape index (κ3) is 4.16. The van der Waals surface area contributed by atoms with Gasteiger partial charge < -0.3 is 15.0 Å². The van der Waals surface area contributed by atoms with Gasteiger partial charge in [0.2, 0.25) is 5.91 Å². The third-order valence-corrected chi connectivity index (χ3v) is 3.45. The Morgan fingerprint density at radius 3 is 2.90 bits per heavy atom. The molecule has 5 nitrogen and oxygen atoms in total. The van der Waals surface area contributed by atoms with Gasteiger partial charge in [-0.2, -0.15) is 0 Å². The number of aliphatic hydroxyl groups excluding tert-OH is 1. The van der Waals surface area contributed by atoms with Crippen molar-refractivity contribution in [2.45, 2.75) is 38.8 Å². The highest BCUT2D eigenvalue weighted by Gasteiger charge is 2.15. The highest BCUT2D eigenvalue weighted by Crippen LogP contribution is 2.20. The van der Waals surface area contributed by atoms with Gasteiger partial charge in [-0.05, 0) is 12.5 Å². The number of amides is 1. The lowest BCUT2D eigenvalue weighted by Gasteiger charge is -2.18. The number of hydrogen-bond acceptors (Lipinski definition) is 3. The standard InChI is InChI=1S/C16H21N3O2/c1-2-5-14(19-9-8-17-12-19)10-16(21)18-15-7-4-3-6-13(15)11-20/h3-4,6-9,12,14,20H,2,5,10-11H2,1H3,(H,18,21). The van der Waals surface area contributed by atoms with Crippen molar-refractivity contribution in [3.63, 3.8) is 0 Å². The fourth-order valence-electron chi connectivity index (χ4n) is 2.37. The van der Waals surface area contributed by atoms with Gasteiger partial charge in [-0.25, -0.2) is 4.98 Å². The minimum Gasteiger partial charge on any atom is -0.392 e. The molecule has 1 amide bonds. The summed E-state index contributed by atoms with van der Waals surface area (Å²) in [5.41, 5.74) is 1.39. The molecule has 0 aliphatic carbocycles. The predicted octanol–water partition coefficient (Wildman–Crippen LogP) is 2.75. The van der Waals surface area contributed by atoms with Gasteiger partial charge in [-0.3, -0.25) is 4.79 Å². The smallest absolute Gasteiger partial charge is 0.226 e. The van der Waals surface area contributed by atoms with E-state index < -0.39 is 0 Å². The second kappa shape index (κ2) is 7.59. The molecule has 1 heterocycles. The number of nitrogens with one attached hydrogen (secondary N) is 1. The molecule has 5 heteroatoms. The Bertz CT molecular complexity index is 567. The number of carbonyl (C=O) groups is 1. The van der Waals surface area contributed by atoms with Crippen LogP contribution in [0.2, 0.25) is 0 Å². The van der Waals surface area contributed by atoms with E-state index in [1.807, 2.05) is 22.9 Å². The van der Waals surface area contributed by atoms with E-state index in [9.17, 15) is 9.90 Å². The molecule has 1 aromatic carbocycles. The van der Waals surface area contributed by atoms with Crippen LogP contribution in [0.15, 0.2) is 43.0 Å². The second-order valence-electron chi connectivity index (χ2n) is 5.02. The summed E-state index contributed by atoms with van der Waals surface area (Å²) in [7, 11) is 0. The number of hydrogen-bond donors (Lipinski definition) is 2. The van der Waals surface area contributed by atoms with E-state index in [0.29, 0.717) is 12.1 Å². The summed E-state index contributed by atoms with van der Waals surface area (Å²) >= 11 is 0. The first-order valence-electron chi connectivity index (χ1n) is 7.20. The molecule has 0 aliphatic rings. The molecule has 0 spiro atoms. The van der Waals surface area contributed by atoms with Gasteiger partial charge in [0.25, 0.3) is 0 Å². The lowest BCUT2D eigenvalue weighted by molar-refractivity contribution is -0.117. The molecule has 0 bridgehead atoms. The van der Waals surface area contributed by atoms with Gasteiger partial charge in [0.05, 0.1) is 12.9 Å². The molecule has 0 aliphatic heterocycles. The van der Waals surface area contributed by atoms with Crippen molar-refractivity contribution in [3.8, 4) is 0 Å². The van der Waals surface area contributed by atoms with E-state index in [1.54, 1.807) is 24.7 Å². The van der Waals surface area contributed by atoms with Crippen LogP contribution in [0.3, 0.4) is 0 Å². The Labute approximate surface area is 124 Å². The fourth-order valence-corrected chi connectivity index (χ4v) is 2.37. The monoisotopic (exact) mass is 287 g/mol. The van der Waals surface area contributed by atoms with Gasteiger partial charge in [0, 0.05) is 36.1 Å². The van der Waals surface area contributed by atoms with Crippen LogP contribution in [0.5, 0.6) is 0 Å². The topological polar surface area (TPSA) is 67.2 Å². The average Bonchev–Trinajstić information content (AvgIpc) is 3.01. The Balaban J connectivity index is 2.02. The third-order valence-electron chi connectivity index (χ3n) is 3.45. The average molecular weight is 287 g/mol. The summed E-state index contributed by atoms with van der Waals surface area (Å²) in [6.07, 6.45) is 7.67. The van der Waals surface area contributed by atoms with E-state index in [2.05, 4.69) is 17.2 Å². The summed E-state index contributed by atoms with van der Waals surface area (Å²) in [5.74, 6) is -0.0527. The van der Waals surface area contributed by atoms with Crippen LogP contribution in [-0.4, -0.2) is 20.6 Å². The fraction of sp³-hybridized carbons (Fsp3) is 0.375. The Morgan fingerprint density at radius 1 is 1.43 bits per heavy atom. The number of nitrogens with zero attached hydrogens (tertiary/aromatic N) is 2. The Kier molecular flexibility index (Phi) is 5.51. The molecule has 2 N–H and O–H groups in total. The molecule has 1 atom stereocenters. The van der Waals surface area contributed by atoms with Crippen LogP contribution < -0.4 is 5.32 Å². The summed E-state index contributed by atoms with van der Waals surface area (Å²) in [6.45, 7) is 2.01. The van der Waals surface area contributed by atoms with Crippen molar-refractivity contribution >= 4 is 11.6 Å². The first-order valence-corrected chi connectivity index (χ1v) is 7.20. The lowest BCUT2D eigenvalue weighted by atomic mass is 10.1. The van der Waals surface area contributed by atoms with Crippen LogP contribution in [0.25, 0.3) is 0 Å². The van der Waals surface area contributed by atoms with Gasteiger partial charge >= 0.3 is 0 Å². The van der Waals surface area contributed by atoms with Crippen LogP contribution in [-0.2, 0) is 11.4 Å². The summed E-state index contributed by atoms with van der Waals surface area (Å²) in [4.78, 5) is 16.3. The van der Waals surface area contributed by atoms with E-state index in [0.717, 1.165) is 18.4 Å². The molecule has 0 radical (unpaired) electrons. The zero-order valence-electron chi connectivity index (χ0n) is 12.2. The minimum absolute atomic E-state index is 0.0527. The first kappa shape index (κ1) is 15.3. The SMILES string of the molecule is CCCC(CC(=O)Nc1ccccc1CO)n1ccnc1. The number of aromatic nitrogens is 2. The van der Waals surface area contributed by atoms with Crippen LogP contribution in [0.4, 0.5) is 5.69 Å². The maximum atomic E-state index is 12.2. The molecule has 21 heavy (non-hydrogen) atoms. The van der Waals surface area contributed by atoms with E-state index in [-0.39, 0.29) is 18.6 Å². The number of rotatable bonds is 7. The quantitative estimate of drug-likeness (QED) is 0.823. The van der Waals surface area contributed by atoms with Crippen LogP contribution in [0, 0.1) is 0 Å². The Morgan fingerprint density at radius 2 is 2.24 bits per heavy atom. The number of anilines is 1. The van der Waals surface area contributed by atoms with Gasteiger partial charge in [-0.15, -0.1) is 0 Å². The molecule has 0 saturated carbocycles. The van der Waals surface area contributed by atoms with Gasteiger partial charge in [0.15, 0.2) is 0 Å². The first-order chi connectivity index (χ1) is 10.2. The summed E-state index contributed by atoms with van der Waals surface area (Å²) in [5, 5.41) is 12.2. The Hall–Kier alpha value is -2.14. The molecular weight excluding hydrogens is 266 g/mol. The number of para-hydroxylation sites is 1. The van der Waals surface area contributed by atoms with Crippen molar-refractivity contribution in [2.75, 3.05) is 5.32 Å². The zero-order chi connectivity index (χ0) is 15.1. The summed E-state index contributed by atoms with van der Waals surface area (Å²) in [6, 6.07) is 7.39. The molecule has 1 unspecified atom stereocenters. The van der Waals surface area contributed by atoms with Crippen molar-refractivity contribution in [1.82, 2.24) is 9.55 Å². The van der Waals surface area contributed by atoms with E-state index >= 15 is 0 Å². The van der Waals surface area contributed by atoms with Crippen molar-refractivity contribution in [1.29, 1.82) is 0 Å². The zero-order valence-corrected chi connectivity index (χ0v) is 12.2. The number of carbonyl (C=O) groups excluding carboxylic acids is 1. The van der Waals surface area contributed by atoms with Gasteiger partial charge in [-0.1, -0.05) is 31.5 Å². The number of benzene rings is 1. The van der Waals surface area contributed by atoms with Crippen LogP contribution >= 0.6 is 0 Å². The number of imidazole rings is 1. The van der Waals surface area contributed by atoms with Crippen molar-refractivity contribution in [2.24, 2.45) is 0 Å².